The van der Waals surface area contributed by atoms with Crippen LogP contribution in [0.1, 0.15) is 64.6 Å². The first-order chi connectivity index (χ1) is 8.61. The lowest BCUT2D eigenvalue weighted by atomic mass is 9.78. The Kier molecular flexibility index (Phi) is 4.79. The van der Waals surface area contributed by atoms with Gasteiger partial charge < -0.3 is 5.32 Å². The van der Waals surface area contributed by atoms with Crippen molar-refractivity contribution in [3.05, 3.63) is 16.6 Å². The van der Waals surface area contributed by atoms with Crippen molar-refractivity contribution in [3.63, 3.8) is 0 Å². The van der Waals surface area contributed by atoms with E-state index in [-0.39, 0.29) is 0 Å². The maximum absolute atomic E-state index is 4.40. The molecular formula is C15H26N2S. The van der Waals surface area contributed by atoms with E-state index in [9.17, 15) is 0 Å². The standard InChI is InChI=1S/C15H26N2S/c1-12(2)8-15(6-4-5-7-15)10-16-13(3)14-9-18-11-17-14/h9,11-13,16H,4-8,10H2,1-3H3. The molecule has 1 fully saturated rings. The Labute approximate surface area is 115 Å². The fourth-order valence-corrected chi connectivity index (χ4v) is 4.00. The van der Waals surface area contributed by atoms with Crippen LogP contribution in [-0.4, -0.2) is 11.5 Å². The van der Waals surface area contributed by atoms with E-state index < -0.39 is 0 Å². The quantitative estimate of drug-likeness (QED) is 0.825. The third-order valence-corrected chi connectivity index (χ3v) is 4.79. The summed E-state index contributed by atoms with van der Waals surface area (Å²) in [5.74, 6) is 0.805. The molecule has 1 N–H and O–H groups in total. The van der Waals surface area contributed by atoms with Crippen LogP contribution >= 0.6 is 11.3 Å². The van der Waals surface area contributed by atoms with Gasteiger partial charge in [-0.1, -0.05) is 26.7 Å². The molecule has 1 aromatic rings. The Hall–Kier alpha value is -0.410. The summed E-state index contributed by atoms with van der Waals surface area (Å²) in [7, 11) is 0. The Morgan fingerprint density at radius 1 is 1.33 bits per heavy atom. The van der Waals surface area contributed by atoms with Crippen molar-refractivity contribution in [1.82, 2.24) is 10.3 Å². The van der Waals surface area contributed by atoms with E-state index in [0.29, 0.717) is 11.5 Å². The second kappa shape index (κ2) is 6.16. The van der Waals surface area contributed by atoms with Crippen molar-refractivity contribution >= 4 is 11.3 Å². The molecule has 18 heavy (non-hydrogen) atoms. The van der Waals surface area contributed by atoms with Crippen LogP contribution in [0.5, 0.6) is 0 Å². The highest BCUT2D eigenvalue weighted by atomic mass is 32.1. The van der Waals surface area contributed by atoms with Crippen molar-refractivity contribution in [2.24, 2.45) is 11.3 Å². The topological polar surface area (TPSA) is 24.9 Å². The maximum Gasteiger partial charge on any atom is 0.0795 e. The lowest BCUT2D eigenvalue weighted by Crippen LogP contribution is -2.34. The number of hydrogen-bond donors (Lipinski definition) is 1. The molecule has 1 aromatic heterocycles. The van der Waals surface area contributed by atoms with E-state index in [1.54, 1.807) is 11.3 Å². The van der Waals surface area contributed by atoms with E-state index in [0.717, 1.165) is 12.5 Å². The van der Waals surface area contributed by atoms with Gasteiger partial charge in [0, 0.05) is 18.0 Å². The zero-order valence-electron chi connectivity index (χ0n) is 11.9. The largest absolute Gasteiger partial charge is 0.308 e. The summed E-state index contributed by atoms with van der Waals surface area (Å²) in [6.07, 6.45) is 7.01. The molecule has 0 bridgehead atoms. The Morgan fingerprint density at radius 2 is 2.06 bits per heavy atom. The summed E-state index contributed by atoms with van der Waals surface area (Å²) in [4.78, 5) is 4.40. The number of hydrogen-bond acceptors (Lipinski definition) is 3. The molecule has 2 nitrogen and oxygen atoms in total. The van der Waals surface area contributed by atoms with Gasteiger partial charge in [0.25, 0.3) is 0 Å². The van der Waals surface area contributed by atoms with Crippen molar-refractivity contribution in [2.75, 3.05) is 6.54 Å². The third-order valence-electron chi connectivity index (χ3n) is 4.18. The average Bonchev–Trinajstić information content (AvgIpc) is 2.96. The number of thiazole rings is 1. The summed E-state index contributed by atoms with van der Waals surface area (Å²) in [6.45, 7) is 8.09. The normalized spacial score (nSPS) is 20.4. The Bertz CT molecular complexity index is 339. The van der Waals surface area contributed by atoms with E-state index in [1.807, 2.05) is 5.51 Å². The molecule has 1 saturated carbocycles. The van der Waals surface area contributed by atoms with Crippen LogP contribution in [0.3, 0.4) is 0 Å². The summed E-state index contributed by atoms with van der Waals surface area (Å²) < 4.78 is 0. The number of aromatic nitrogens is 1. The van der Waals surface area contributed by atoms with Crippen LogP contribution < -0.4 is 5.32 Å². The van der Waals surface area contributed by atoms with Crippen molar-refractivity contribution < 1.29 is 0 Å². The fraction of sp³-hybridized carbons (Fsp3) is 0.800. The first-order valence-corrected chi connectivity index (χ1v) is 8.17. The molecule has 1 heterocycles. The second-order valence-corrected chi connectivity index (χ2v) is 7.04. The lowest BCUT2D eigenvalue weighted by molar-refractivity contribution is 0.216. The molecule has 3 heteroatoms. The maximum atomic E-state index is 4.40. The molecule has 1 unspecified atom stereocenters. The molecule has 0 spiro atoms. The molecule has 0 aromatic carbocycles. The molecule has 0 saturated heterocycles. The predicted molar refractivity (Wildman–Crippen MR) is 78.9 cm³/mol. The van der Waals surface area contributed by atoms with Gasteiger partial charge in [-0.2, -0.15) is 0 Å². The van der Waals surface area contributed by atoms with Crippen molar-refractivity contribution in [2.45, 2.75) is 58.9 Å². The molecule has 2 rings (SSSR count). The molecule has 1 aliphatic rings. The van der Waals surface area contributed by atoms with Crippen LogP contribution in [0.4, 0.5) is 0 Å². The van der Waals surface area contributed by atoms with Gasteiger partial charge in [0.1, 0.15) is 0 Å². The summed E-state index contributed by atoms with van der Waals surface area (Å²) in [5.41, 5.74) is 3.67. The second-order valence-electron chi connectivity index (χ2n) is 6.32. The SMILES string of the molecule is CC(C)CC1(CNC(C)c2cscn2)CCCC1. The predicted octanol–water partition coefficient (Wildman–Crippen LogP) is 4.40. The highest BCUT2D eigenvalue weighted by molar-refractivity contribution is 7.07. The molecule has 0 aliphatic heterocycles. The van der Waals surface area contributed by atoms with Gasteiger partial charge in [-0.25, -0.2) is 4.98 Å². The fourth-order valence-electron chi connectivity index (χ4n) is 3.35. The van der Waals surface area contributed by atoms with Crippen LogP contribution in [0, 0.1) is 11.3 Å². The summed E-state index contributed by atoms with van der Waals surface area (Å²) >= 11 is 1.68. The van der Waals surface area contributed by atoms with Gasteiger partial charge in [-0.15, -0.1) is 11.3 Å². The van der Waals surface area contributed by atoms with Gasteiger partial charge in [-0.05, 0) is 37.5 Å². The minimum atomic E-state index is 0.390. The van der Waals surface area contributed by atoms with Crippen LogP contribution in [0.25, 0.3) is 0 Å². The molecule has 1 aliphatic carbocycles. The van der Waals surface area contributed by atoms with E-state index in [4.69, 9.17) is 0 Å². The first kappa shape index (κ1) is 14.0. The molecule has 0 amide bonds. The molecular weight excluding hydrogens is 240 g/mol. The number of nitrogens with one attached hydrogen (secondary N) is 1. The number of nitrogens with zero attached hydrogens (tertiary/aromatic N) is 1. The highest BCUT2D eigenvalue weighted by Crippen LogP contribution is 2.42. The van der Waals surface area contributed by atoms with Gasteiger partial charge in [0.15, 0.2) is 0 Å². The van der Waals surface area contributed by atoms with Gasteiger partial charge >= 0.3 is 0 Å². The summed E-state index contributed by atoms with van der Waals surface area (Å²) in [6, 6.07) is 0.390. The van der Waals surface area contributed by atoms with Gasteiger partial charge in [0.2, 0.25) is 0 Å². The van der Waals surface area contributed by atoms with E-state index in [1.165, 1.54) is 37.8 Å². The first-order valence-electron chi connectivity index (χ1n) is 7.23. The molecule has 102 valence electrons. The van der Waals surface area contributed by atoms with Crippen LogP contribution in [-0.2, 0) is 0 Å². The van der Waals surface area contributed by atoms with Crippen LogP contribution in [0.15, 0.2) is 10.9 Å². The zero-order valence-corrected chi connectivity index (χ0v) is 12.7. The summed E-state index contributed by atoms with van der Waals surface area (Å²) in [5, 5.41) is 5.87. The molecule has 0 radical (unpaired) electrons. The molecule has 1 atom stereocenters. The average molecular weight is 266 g/mol. The van der Waals surface area contributed by atoms with Gasteiger partial charge in [0.05, 0.1) is 11.2 Å². The minimum absolute atomic E-state index is 0.390. The smallest absolute Gasteiger partial charge is 0.0795 e. The lowest BCUT2D eigenvalue weighted by Gasteiger charge is -2.32. The number of rotatable bonds is 6. The zero-order chi connectivity index (χ0) is 13.0. The Morgan fingerprint density at radius 3 is 2.61 bits per heavy atom. The highest BCUT2D eigenvalue weighted by Gasteiger charge is 2.34. The van der Waals surface area contributed by atoms with E-state index >= 15 is 0 Å². The van der Waals surface area contributed by atoms with Crippen molar-refractivity contribution in [1.29, 1.82) is 0 Å². The monoisotopic (exact) mass is 266 g/mol. The third kappa shape index (κ3) is 3.55. The van der Waals surface area contributed by atoms with E-state index in [2.05, 4.69) is 36.5 Å². The minimum Gasteiger partial charge on any atom is -0.308 e. The van der Waals surface area contributed by atoms with Crippen LogP contribution in [0.2, 0.25) is 0 Å². The Balaban J connectivity index is 1.90. The van der Waals surface area contributed by atoms with Crippen molar-refractivity contribution in [3.8, 4) is 0 Å². The van der Waals surface area contributed by atoms with Gasteiger partial charge in [-0.3, -0.25) is 0 Å².